The van der Waals surface area contributed by atoms with Crippen molar-refractivity contribution in [3.63, 3.8) is 0 Å². The minimum absolute atomic E-state index is 0.123. The van der Waals surface area contributed by atoms with E-state index in [1.807, 2.05) is 66.7 Å². The maximum atomic E-state index is 11.9. The molecule has 0 spiro atoms. The molecule has 1 heteroatoms. The quantitative estimate of drug-likeness (QED) is 0.616. The summed E-state index contributed by atoms with van der Waals surface area (Å²) >= 11 is 0. The highest BCUT2D eigenvalue weighted by Crippen LogP contribution is 2.43. The van der Waals surface area contributed by atoms with Gasteiger partial charge in [-0.25, -0.2) is 0 Å². The Morgan fingerprint density at radius 1 is 0.640 bits per heavy atom. The van der Waals surface area contributed by atoms with E-state index >= 15 is 0 Å². The molecule has 0 aliphatic carbocycles. The molecule has 0 heterocycles. The lowest BCUT2D eigenvalue weighted by Crippen LogP contribution is -2.37. The molecule has 1 N–H and O–H groups in total. The molecule has 3 aromatic carbocycles. The molecule has 128 valence electrons. The second-order valence-corrected chi connectivity index (χ2v) is 7.05. The van der Waals surface area contributed by atoms with Crippen molar-refractivity contribution in [2.45, 2.75) is 37.7 Å². The molecule has 0 saturated carbocycles. The standard InChI is InChI=1S/C24H26O/c1-3-23(2,20-13-7-4-8-14-20)19-24(25,21-15-9-5-10-16-21)22-17-11-6-12-18-22/h4-18,25H,3,19H2,1-2H3/t23-/m0/s1. The number of hydrogen-bond donors (Lipinski definition) is 1. The van der Waals surface area contributed by atoms with Crippen LogP contribution in [0.15, 0.2) is 91.0 Å². The van der Waals surface area contributed by atoms with Crippen molar-refractivity contribution in [3.05, 3.63) is 108 Å². The molecule has 3 rings (SSSR count). The largest absolute Gasteiger partial charge is 0.380 e. The van der Waals surface area contributed by atoms with Crippen LogP contribution in [-0.4, -0.2) is 5.11 Å². The Balaban J connectivity index is 2.10. The van der Waals surface area contributed by atoms with Crippen LogP contribution >= 0.6 is 0 Å². The molecule has 0 amide bonds. The van der Waals surface area contributed by atoms with Gasteiger partial charge in [0.25, 0.3) is 0 Å². The highest BCUT2D eigenvalue weighted by atomic mass is 16.3. The molecule has 0 unspecified atom stereocenters. The van der Waals surface area contributed by atoms with Gasteiger partial charge in [0.05, 0.1) is 0 Å². The summed E-state index contributed by atoms with van der Waals surface area (Å²) in [6.07, 6.45) is 1.59. The van der Waals surface area contributed by atoms with Crippen molar-refractivity contribution in [1.29, 1.82) is 0 Å². The highest BCUT2D eigenvalue weighted by molar-refractivity contribution is 5.38. The number of benzene rings is 3. The zero-order valence-corrected chi connectivity index (χ0v) is 15.0. The fraction of sp³-hybridized carbons (Fsp3) is 0.250. The molecule has 0 aliphatic rings. The summed E-state index contributed by atoms with van der Waals surface area (Å²) < 4.78 is 0. The molecule has 0 fully saturated rings. The number of aliphatic hydroxyl groups is 1. The van der Waals surface area contributed by atoms with Gasteiger partial charge in [0, 0.05) is 0 Å². The second-order valence-electron chi connectivity index (χ2n) is 7.05. The predicted molar refractivity (Wildman–Crippen MR) is 105 cm³/mol. The van der Waals surface area contributed by atoms with E-state index in [2.05, 4.69) is 38.1 Å². The first-order valence-electron chi connectivity index (χ1n) is 8.97. The van der Waals surface area contributed by atoms with Crippen LogP contribution in [0.2, 0.25) is 0 Å². The molecule has 0 aliphatic heterocycles. The molecule has 3 aromatic rings. The van der Waals surface area contributed by atoms with Crippen molar-refractivity contribution in [1.82, 2.24) is 0 Å². The van der Waals surface area contributed by atoms with Crippen LogP contribution in [0.25, 0.3) is 0 Å². The van der Waals surface area contributed by atoms with Crippen LogP contribution in [0.1, 0.15) is 43.4 Å². The van der Waals surface area contributed by atoms with E-state index in [-0.39, 0.29) is 5.41 Å². The highest BCUT2D eigenvalue weighted by Gasteiger charge is 2.39. The lowest BCUT2D eigenvalue weighted by atomic mass is 9.68. The predicted octanol–water partition coefficient (Wildman–Crippen LogP) is 5.68. The van der Waals surface area contributed by atoms with Crippen molar-refractivity contribution < 1.29 is 5.11 Å². The van der Waals surface area contributed by atoms with E-state index in [9.17, 15) is 5.11 Å². The Hall–Kier alpha value is -2.38. The first-order valence-corrected chi connectivity index (χ1v) is 8.97. The molecule has 0 radical (unpaired) electrons. The van der Waals surface area contributed by atoms with Gasteiger partial charge >= 0.3 is 0 Å². The van der Waals surface area contributed by atoms with E-state index < -0.39 is 5.60 Å². The van der Waals surface area contributed by atoms with Crippen LogP contribution in [0, 0.1) is 0 Å². The number of hydrogen-bond acceptors (Lipinski definition) is 1. The maximum Gasteiger partial charge on any atom is 0.115 e. The SMILES string of the molecule is CC[C@@](C)(CC(O)(c1ccccc1)c1ccccc1)c1ccccc1. The normalized spacial score (nSPS) is 14.0. The van der Waals surface area contributed by atoms with Gasteiger partial charge in [-0.15, -0.1) is 0 Å². The Kier molecular flexibility index (Phi) is 5.06. The monoisotopic (exact) mass is 330 g/mol. The molecule has 1 nitrogen and oxygen atoms in total. The van der Waals surface area contributed by atoms with Gasteiger partial charge in [-0.2, -0.15) is 0 Å². The van der Waals surface area contributed by atoms with Gasteiger partial charge in [-0.05, 0) is 34.9 Å². The molecule has 0 aromatic heterocycles. The summed E-state index contributed by atoms with van der Waals surface area (Å²) in [5, 5.41) is 11.9. The van der Waals surface area contributed by atoms with E-state index in [4.69, 9.17) is 0 Å². The minimum Gasteiger partial charge on any atom is -0.380 e. The Bertz CT molecular complexity index is 741. The third-order valence-corrected chi connectivity index (χ3v) is 5.40. The molecular weight excluding hydrogens is 304 g/mol. The fourth-order valence-corrected chi connectivity index (χ4v) is 3.63. The summed E-state index contributed by atoms with van der Waals surface area (Å²) in [6, 6.07) is 30.6. The lowest BCUT2D eigenvalue weighted by molar-refractivity contribution is 0.0451. The molecular formula is C24H26O. The zero-order valence-electron chi connectivity index (χ0n) is 15.0. The average molecular weight is 330 g/mol. The van der Waals surface area contributed by atoms with Gasteiger partial charge in [-0.1, -0.05) is 105 Å². The zero-order chi connectivity index (χ0) is 17.8. The van der Waals surface area contributed by atoms with E-state index in [1.165, 1.54) is 5.56 Å². The van der Waals surface area contributed by atoms with Crippen molar-refractivity contribution in [3.8, 4) is 0 Å². The van der Waals surface area contributed by atoms with E-state index in [0.717, 1.165) is 17.5 Å². The minimum atomic E-state index is -1.02. The first kappa shape index (κ1) is 17.4. The third-order valence-electron chi connectivity index (χ3n) is 5.40. The van der Waals surface area contributed by atoms with Gasteiger partial charge in [0.1, 0.15) is 5.60 Å². The maximum absolute atomic E-state index is 11.9. The summed E-state index contributed by atoms with van der Waals surface area (Å²) in [5.74, 6) is 0. The van der Waals surface area contributed by atoms with Crippen LogP contribution in [0.5, 0.6) is 0 Å². The average Bonchev–Trinajstić information content (AvgIpc) is 2.70. The Morgan fingerprint density at radius 2 is 1.00 bits per heavy atom. The van der Waals surface area contributed by atoms with Crippen LogP contribution in [-0.2, 0) is 11.0 Å². The lowest BCUT2D eigenvalue weighted by Gasteiger charge is -2.39. The van der Waals surface area contributed by atoms with Crippen LogP contribution < -0.4 is 0 Å². The summed E-state index contributed by atoms with van der Waals surface area (Å²) in [5.41, 5.74) is 2.00. The summed E-state index contributed by atoms with van der Waals surface area (Å²) in [4.78, 5) is 0. The molecule has 0 saturated heterocycles. The molecule has 25 heavy (non-hydrogen) atoms. The van der Waals surface area contributed by atoms with Crippen molar-refractivity contribution in [2.75, 3.05) is 0 Å². The smallest absolute Gasteiger partial charge is 0.115 e. The van der Waals surface area contributed by atoms with Crippen molar-refractivity contribution in [2.24, 2.45) is 0 Å². The summed E-state index contributed by atoms with van der Waals surface area (Å²) in [6.45, 7) is 4.45. The number of rotatable bonds is 6. The second kappa shape index (κ2) is 7.25. The molecule has 1 atom stereocenters. The third kappa shape index (κ3) is 3.52. The van der Waals surface area contributed by atoms with E-state index in [1.54, 1.807) is 0 Å². The van der Waals surface area contributed by atoms with Crippen molar-refractivity contribution >= 4 is 0 Å². The van der Waals surface area contributed by atoms with Gasteiger partial charge in [-0.3, -0.25) is 0 Å². The van der Waals surface area contributed by atoms with Crippen LogP contribution in [0.4, 0.5) is 0 Å². The molecule has 0 bridgehead atoms. The fourth-order valence-electron chi connectivity index (χ4n) is 3.63. The Labute approximate surface area is 151 Å². The van der Waals surface area contributed by atoms with E-state index in [0.29, 0.717) is 6.42 Å². The topological polar surface area (TPSA) is 20.2 Å². The van der Waals surface area contributed by atoms with Gasteiger partial charge in [0.15, 0.2) is 0 Å². The Morgan fingerprint density at radius 3 is 1.36 bits per heavy atom. The van der Waals surface area contributed by atoms with Gasteiger partial charge < -0.3 is 5.11 Å². The van der Waals surface area contributed by atoms with Crippen LogP contribution in [0.3, 0.4) is 0 Å². The summed E-state index contributed by atoms with van der Waals surface area (Å²) in [7, 11) is 0. The first-order chi connectivity index (χ1) is 12.1. The van der Waals surface area contributed by atoms with Gasteiger partial charge in [0.2, 0.25) is 0 Å².